The Hall–Kier alpha value is -1.70. The lowest BCUT2D eigenvalue weighted by Crippen LogP contribution is -2.29. The first-order chi connectivity index (χ1) is 26.7. The van der Waals surface area contributed by atoms with E-state index in [0.717, 1.165) is 65.6 Å². The lowest BCUT2D eigenvalue weighted by Gasteiger charge is -2.40. The van der Waals surface area contributed by atoms with Crippen molar-refractivity contribution in [3.8, 4) is 0 Å². The van der Waals surface area contributed by atoms with E-state index in [9.17, 15) is 0 Å². The molecule has 4 aliphatic carbocycles. The van der Waals surface area contributed by atoms with Crippen LogP contribution in [0.1, 0.15) is 225 Å². The second kappa shape index (κ2) is 23.0. The Labute approximate surface area is 342 Å². The molecule has 0 N–H and O–H groups in total. The van der Waals surface area contributed by atoms with E-state index in [-0.39, 0.29) is 0 Å². The summed E-state index contributed by atoms with van der Waals surface area (Å²) in [5.74, 6) is 10.9. The largest absolute Gasteiger partial charge is 0.261 e. The Morgan fingerprint density at radius 1 is 0.436 bits per heavy atom. The van der Waals surface area contributed by atoms with Crippen LogP contribution in [-0.2, 0) is 12.8 Å². The minimum absolute atomic E-state index is 0.622. The molecule has 2 heterocycles. The molecule has 2 aromatic rings. The van der Waals surface area contributed by atoms with Crippen LogP contribution in [-0.4, -0.2) is 9.97 Å². The molecule has 2 heteroatoms. The molecule has 0 amide bonds. The van der Waals surface area contributed by atoms with Gasteiger partial charge in [0.05, 0.1) is 0 Å². The molecular formula is C53H88N2. The summed E-state index contributed by atoms with van der Waals surface area (Å²) in [6, 6.07) is 9.25. The van der Waals surface area contributed by atoms with E-state index in [1.165, 1.54) is 164 Å². The first kappa shape index (κ1) is 44.4. The number of pyridine rings is 2. The van der Waals surface area contributed by atoms with Gasteiger partial charge < -0.3 is 0 Å². The quantitative estimate of drug-likeness (QED) is 0.181. The highest BCUT2D eigenvalue weighted by Gasteiger charge is 2.35. The summed E-state index contributed by atoms with van der Waals surface area (Å²) in [6.07, 6.45) is 36.6. The van der Waals surface area contributed by atoms with Crippen LogP contribution >= 0.6 is 0 Å². The van der Waals surface area contributed by atoms with Gasteiger partial charge >= 0.3 is 0 Å². The van der Waals surface area contributed by atoms with E-state index in [4.69, 9.17) is 9.97 Å². The predicted molar refractivity (Wildman–Crippen MR) is 239 cm³/mol. The normalized spacial score (nSPS) is 31.1. The summed E-state index contributed by atoms with van der Waals surface area (Å²) in [6.45, 7) is 19.3. The number of unbranched alkanes of at least 4 members (excludes halogenated alkanes) is 1. The maximum Gasteiger partial charge on any atom is 0.0434 e. The van der Waals surface area contributed by atoms with Crippen LogP contribution in [0.2, 0.25) is 0 Å². The molecule has 310 valence electrons. The Morgan fingerprint density at radius 3 is 1.09 bits per heavy atom. The second-order valence-electron chi connectivity index (χ2n) is 20.1. The Kier molecular flexibility index (Phi) is 18.6. The van der Waals surface area contributed by atoms with Gasteiger partial charge in [-0.05, 0) is 179 Å². The predicted octanol–water partition coefficient (Wildman–Crippen LogP) is 16.0. The van der Waals surface area contributed by atoms with E-state index < -0.39 is 0 Å². The van der Waals surface area contributed by atoms with Crippen molar-refractivity contribution >= 4 is 0 Å². The van der Waals surface area contributed by atoms with E-state index in [0.29, 0.717) is 11.8 Å². The number of hydrogen-bond acceptors (Lipinski definition) is 2. The third kappa shape index (κ3) is 12.9. The van der Waals surface area contributed by atoms with Crippen molar-refractivity contribution < 1.29 is 0 Å². The molecule has 0 radical (unpaired) electrons. The van der Waals surface area contributed by atoms with E-state index in [2.05, 4.69) is 92.0 Å². The Balaban J connectivity index is 0.000000211. The van der Waals surface area contributed by atoms with Crippen LogP contribution in [0.4, 0.5) is 0 Å². The van der Waals surface area contributed by atoms with Gasteiger partial charge in [0, 0.05) is 35.6 Å². The van der Waals surface area contributed by atoms with Crippen LogP contribution in [0.25, 0.3) is 0 Å². The third-order valence-corrected chi connectivity index (χ3v) is 16.9. The van der Waals surface area contributed by atoms with Crippen LogP contribution < -0.4 is 0 Å². The minimum atomic E-state index is 0.622. The van der Waals surface area contributed by atoms with Crippen LogP contribution in [0.15, 0.2) is 36.7 Å². The third-order valence-electron chi connectivity index (χ3n) is 16.9. The molecule has 4 unspecified atom stereocenters. The molecule has 6 rings (SSSR count). The van der Waals surface area contributed by atoms with Gasteiger partial charge in [0.2, 0.25) is 0 Å². The lowest BCUT2D eigenvalue weighted by molar-refractivity contribution is 0.119. The monoisotopic (exact) mass is 753 g/mol. The fourth-order valence-electron chi connectivity index (χ4n) is 12.2. The van der Waals surface area contributed by atoms with E-state index in [1.807, 2.05) is 0 Å². The average Bonchev–Trinajstić information content (AvgIpc) is 3.25. The van der Waals surface area contributed by atoms with Crippen molar-refractivity contribution in [2.24, 2.45) is 59.2 Å². The molecule has 0 spiro atoms. The van der Waals surface area contributed by atoms with E-state index in [1.54, 1.807) is 0 Å². The van der Waals surface area contributed by atoms with Gasteiger partial charge in [-0.1, -0.05) is 119 Å². The fraction of sp³-hybridized carbons (Fsp3) is 0.811. The molecule has 0 aliphatic heterocycles. The first-order valence-electron chi connectivity index (χ1n) is 24.6. The molecule has 4 atom stereocenters. The molecule has 4 fully saturated rings. The summed E-state index contributed by atoms with van der Waals surface area (Å²) >= 11 is 0. The van der Waals surface area contributed by atoms with Crippen molar-refractivity contribution in [3.63, 3.8) is 0 Å². The van der Waals surface area contributed by atoms with Gasteiger partial charge in [-0.2, -0.15) is 0 Å². The average molecular weight is 753 g/mol. The molecular weight excluding hydrogens is 665 g/mol. The van der Waals surface area contributed by atoms with Crippen molar-refractivity contribution in [1.29, 1.82) is 0 Å². The van der Waals surface area contributed by atoms with Crippen molar-refractivity contribution in [2.75, 3.05) is 0 Å². The molecule has 2 nitrogen and oxygen atoms in total. The van der Waals surface area contributed by atoms with Gasteiger partial charge in [0.1, 0.15) is 0 Å². The highest BCUT2D eigenvalue weighted by Crippen LogP contribution is 2.46. The molecule has 0 bridgehead atoms. The summed E-state index contributed by atoms with van der Waals surface area (Å²) in [5, 5.41) is 0. The Bertz CT molecular complexity index is 1280. The van der Waals surface area contributed by atoms with Gasteiger partial charge in [-0.15, -0.1) is 0 Å². The van der Waals surface area contributed by atoms with Gasteiger partial charge in [0.25, 0.3) is 0 Å². The minimum Gasteiger partial charge on any atom is -0.261 e. The summed E-state index contributed by atoms with van der Waals surface area (Å²) in [5.41, 5.74) is 5.45. The summed E-state index contributed by atoms with van der Waals surface area (Å²) < 4.78 is 0. The van der Waals surface area contributed by atoms with Crippen molar-refractivity contribution in [1.82, 2.24) is 9.97 Å². The van der Waals surface area contributed by atoms with Gasteiger partial charge in [0.15, 0.2) is 0 Å². The molecule has 0 aromatic carbocycles. The summed E-state index contributed by atoms with van der Waals surface area (Å²) in [4.78, 5) is 9.66. The smallest absolute Gasteiger partial charge is 0.0434 e. The number of rotatable bonds is 15. The number of aryl methyl sites for hydroxylation is 2. The van der Waals surface area contributed by atoms with Gasteiger partial charge in [-0.25, -0.2) is 0 Å². The highest BCUT2D eigenvalue weighted by molar-refractivity contribution is 5.18. The zero-order valence-electron chi connectivity index (χ0n) is 37.6. The lowest BCUT2D eigenvalue weighted by atomic mass is 9.66. The van der Waals surface area contributed by atoms with Gasteiger partial charge in [-0.3, -0.25) is 9.97 Å². The van der Waals surface area contributed by atoms with Crippen LogP contribution in [0.3, 0.4) is 0 Å². The highest BCUT2D eigenvalue weighted by atomic mass is 14.7. The molecule has 2 aromatic heterocycles. The Morgan fingerprint density at radius 2 is 0.782 bits per heavy atom. The number of hydrogen-bond donors (Lipinski definition) is 0. The summed E-state index contributed by atoms with van der Waals surface area (Å²) in [7, 11) is 0. The topological polar surface area (TPSA) is 25.8 Å². The van der Waals surface area contributed by atoms with Crippen LogP contribution in [0, 0.1) is 59.2 Å². The number of aromatic nitrogens is 2. The zero-order valence-corrected chi connectivity index (χ0v) is 37.6. The van der Waals surface area contributed by atoms with Crippen LogP contribution in [0.5, 0.6) is 0 Å². The van der Waals surface area contributed by atoms with E-state index >= 15 is 0 Å². The zero-order chi connectivity index (χ0) is 39.2. The number of nitrogens with zero attached hydrogens (tertiary/aromatic N) is 2. The van der Waals surface area contributed by atoms with Crippen molar-refractivity contribution in [3.05, 3.63) is 59.2 Å². The maximum atomic E-state index is 4.85. The fourth-order valence-corrected chi connectivity index (χ4v) is 12.2. The SMILES string of the molecule is CCCCc1ccc(C(C)C2CCC(C(C)C3CCC(CC)CC3)CC2)nc1.CCCc1ccc(C(C)C2CCC(C(C)C3CCC(CC)CC3)CC2)nc1. The molecule has 4 aliphatic rings. The second-order valence-corrected chi connectivity index (χ2v) is 20.1. The molecule has 55 heavy (non-hydrogen) atoms. The maximum absolute atomic E-state index is 4.85. The van der Waals surface area contributed by atoms with Crippen molar-refractivity contribution in [2.45, 2.75) is 215 Å². The first-order valence-corrected chi connectivity index (χ1v) is 24.6. The molecule has 0 saturated heterocycles. The standard InChI is InChI=1S/C27H45N.C26H43N/c1-5-7-8-23-11-18-27(28-19-23)21(4)26-16-14-25(15-17-26)20(3)24-12-9-22(6-2)10-13-24;1-5-7-22-10-17-26(27-18-22)20(4)25-15-13-24(14-16-25)19(3)23-11-8-21(6-2)9-12-23/h11,18-22,24-26H,5-10,12-17H2,1-4H3;10,17-21,23-25H,5-9,11-16H2,1-4H3. The molecule has 4 saturated carbocycles.